The number of nitrogens with one attached hydrogen (secondary N) is 1. The average molecular weight is 337 g/mol. The lowest BCUT2D eigenvalue weighted by molar-refractivity contribution is 0.174. The van der Waals surface area contributed by atoms with Gasteiger partial charge in [-0.2, -0.15) is 0 Å². The van der Waals surface area contributed by atoms with Crippen LogP contribution in [-0.4, -0.2) is 23.5 Å². The number of fused-ring (bicyclic) bond motifs is 1. The molecule has 0 aliphatic carbocycles. The van der Waals surface area contributed by atoms with Crippen molar-refractivity contribution in [3.63, 3.8) is 0 Å². The lowest BCUT2D eigenvalue weighted by atomic mass is 10.1. The average Bonchev–Trinajstić information content (AvgIpc) is 3.31. The zero-order chi connectivity index (χ0) is 17.1. The highest BCUT2D eigenvalue weighted by atomic mass is 16.7. The van der Waals surface area contributed by atoms with Gasteiger partial charge in [-0.25, -0.2) is 0 Å². The highest BCUT2D eigenvalue weighted by molar-refractivity contribution is 5.51. The van der Waals surface area contributed by atoms with E-state index < -0.39 is 0 Å². The number of benzene rings is 2. The Morgan fingerprint density at radius 3 is 2.76 bits per heavy atom. The zero-order valence-corrected chi connectivity index (χ0v) is 13.9. The smallest absolute Gasteiger partial charge is 0.247 e. The molecule has 0 radical (unpaired) electrons. The first-order valence-electron chi connectivity index (χ1n) is 8.30. The molecular formula is C19H19N3O3. The van der Waals surface area contributed by atoms with Crippen LogP contribution in [0.15, 0.2) is 52.9 Å². The van der Waals surface area contributed by atoms with Crippen LogP contribution in [0.5, 0.6) is 11.5 Å². The van der Waals surface area contributed by atoms with E-state index in [-0.39, 0.29) is 6.04 Å². The molecular weight excluding hydrogens is 318 g/mol. The third-order valence-corrected chi connectivity index (χ3v) is 4.17. The fourth-order valence-electron chi connectivity index (χ4n) is 2.75. The Hall–Kier alpha value is -2.86. The first-order valence-corrected chi connectivity index (χ1v) is 8.30. The molecule has 1 aliphatic rings. The summed E-state index contributed by atoms with van der Waals surface area (Å²) in [6.45, 7) is 3.15. The quantitative estimate of drug-likeness (QED) is 0.744. The van der Waals surface area contributed by atoms with Crippen molar-refractivity contribution in [1.29, 1.82) is 0 Å². The maximum atomic E-state index is 5.72. The Kier molecular flexibility index (Phi) is 4.35. The molecule has 6 nitrogen and oxygen atoms in total. The minimum atomic E-state index is 0.186. The molecule has 1 N–H and O–H groups in total. The third-order valence-electron chi connectivity index (χ3n) is 4.17. The van der Waals surface area contributed by atoms with Crippen LogP contribution < -0.4 is 14.8 Å². The zero-order valence-electron chi connectivity index (χ0n) is 13.9. The molecule has 4 rings (SSSR count). The minimum absolute atomic E-state index is 0.186. The summed E-state index contributed by atoms with van der Waals surface area (Å²) in [6, 6.07) is 16.0. The molecule has 25 heavy (non-hydrogen) atoms. The molecule has 1 aliphatic heterocycles. The van der Waals surface area contributed by atoms with Crippen molar-refractivity contribution in [2.75, 3.05) is 13.3 Å². The van der Waals surface area contributed by atoms with Gasteiger partial charge in [-0.15, -0.1) is 10.2 Å². The normalized spacial score (nSPS) is 13.8. The van der Waals surface area contributed by atoms with E-state index in [1.54, 1.807) is 0 Å². The second-order valence-electron chi connectivity index (χ2n) is 5.91. The van der Waals surface area contributed by atoms with Crippen molar-refractivity contribution in [2.24, 2.45) is 0 Å². The fraction of sp³-hybridized carbons (Fsp3) is 0.263. The molecule has 0 spiro atoms. The van der Waals surface area contributed by atoms with Crippen molar-refractivity contribution in [3.8, 4) is 23.0 Å². The summed E-state index contributed by atoms with van der Waals surface area (Å²) in [7, 11) is 0. The fourth-order valence-corrected chi connectivity index (χ4v) is 2.75. The number of nitrogens with zero attached hydrogens (tertiary/aromatic N) is 2. The van der Waals surface area contributed by atoms with Gasteiger partial charge in [-0.3, -0.25) is 0 Å². The maximum absolute atomic E-state index is 5.72. The first-order chi connectivity index (χ1) is 12.3. The second-order valence-corrected chi connectivity index (χ2v) is 5.91. The standard InChI is InChI=1S/C19H19N3O3/c1-13(15-7-8-16-17(11-15)24-12-23-16)20-10-9-18-21-22-19(25-18)14-5-3-2-4-6-14/h2-8,11,13,20H,9-10,12H2,1H3/t13-/m0/s1. The van der Waals surface area contributed by atoms with E-state index in [1.807, 2.05) is 48.5 Å². The summed E-state index contributed by atoms with van der Waals surface area (Å²) in [4.78, 5) is 0. The van der Waals surface area contributed by atoms with Crippen molar-refractivity contribution < 1.29 is 13.9 Å². The van der Waals surface area contributed by atoms with Gasteiger partial charge in [0, 0.05) is 24.6 Å². The Morgan fingerprint density at radius 1 is 1.04 bits per heavy atom. The summed E-state index contributed by atoms with van der Waals surface area (Å²) in [5.41, 5.74) is 2.09. The van der Waals surface area contributed by atoms with Gasteiger partial charge in [0.1, 0.15) is 0 Å². The largest absolute Gasteiger partial charge is 0.454 e. The van der Waals surface area contributed by atoms with E-state index in [9.17, 15) is 0 Å². The van der Waals surface area contributed by atoms with Gasteiger partial charge in [0.05, 0.1) is 0 Å². The number of hydrogen-bond acceptors (Lipinski definition) is 6. The molecule has 128 valence electrons. The molecule has 6 heteroatoms. The van der Waals surface area contributed by atoms with Crippen molar-refractivity contribution >= 4 is 0 Å². The summed E-state index contributed by atoms with van der Waals surface area (Å²) >= 11 is 0. The Labute approximate surface area is 145 Å². The molecule has 0 amide bonds. The second kappa shape index (κ2) is 6.94. The molecule has 0 bridgehead atoms. The molecule has 0 unspecified atom stereocenters. The summed E-state index contributed by atoms with van der Waals surface area (Å²) in [5.74, 6) is 2.79. The van der Waals surface area contributed by atoms with E-state index in [4.69, 9.17) is 13.9 Å². The molecule has 1 aromatic heterocycles. The third kappa shape index (κ3) is 3.49. The van der Waals surface area contributed by atoms with Gasteiger partial charge in [-0.1, -0.05) is 24.3 Å². The van der Waals surface area contributed by atoms with E-state index in [1.165, 1.54) is 0 Å². The highest BCUT2D eigenvalue weighted by Crippen LogP contribution is 2.34. The lowest BCUT2D eigenvalue weighted by Crippen LogP contribution is -2.21. The van der Waals surface area contributed by atoms with Crippen molar-refractivity contribution in [2.45, 2.75) is 19.4 Å². The Balaban J connectivity index is 1.33. The first kappa shape index (κ1) is 15.7. The molecule has 0 saturated heterocycles. The monoisotopic (exact) mass is 337 g/mol. The Bertz CT molecular complexity index is 848. The summed E-state index contributed by atoms with van der Waals surface area (Å²) in [5, 5.41) is 11.7. The Morgan fingerprint density at radius 2 is 1.88 bits per heavy atom. The van der Waals surface area contributed by atoms with E-state index in [0.717, 1.165) is 29.2 Å². The number of ether oxygens (including phenoxy) is 2. The van der Waals surface area contributed by atoms with Crippen LogP contribution in [0.25, 0.3) is 11.5 Å². The molecule has 2 aromatic carbocycles. The number of rotatable bonds is 6. The van der Waals surface area contributed by atoms with Crippen LogP contribution in [0.3, 0.4) is 0 Å². The summed E-state index contributed by atoms with van der Waals surface area (Å²) < 4.78 is 16.5. The molecule has 3 aromatic rings. The number of hydrogen-bond donors (Lipinski definition) is 1. The van der Waals surface area contributed by atoms with Crippen LogP contribution in [0.2, 0.25) is 0 Å². The number of aromatic nitrogens is 2. The maximum Gasteiger partial charge on any atom is 0.247 e. The summed E-state index contributed by atoms with van der Waals surface area (Å²) in [6.07, 6.45) is 0.675. The van der Waals surface area contributed by atoms with Crippen molar-refractivity contribution in [3.05, 3.63) is 60.0 Å². The van der Waals surface area contributed by atoms with E-state index >= 15 is 0 Å². The molecule has 0 fully saturated rings. The SMILES string of the molecule is C[C@H](NCCc1nnc(-c2ccccc2)o1)c1ccc2c(c1)OCO2. The molecule has 0 saturated carbocycles. The van der Waals surface area contributed by atoms with Crippen LogP contribution in [0.4, 0.5) is 0 Å². The minimum Gasteiger partial charge on any atom is -0.454 e. The van der Waals surface area contributed by atoms with Gasteiger partial charge in [0.25, 0.3) is 0 Å². The van der Waals surface area contributed by atoms with Gasteiger partial charge in [-0.05, 0) is 36.8 Å². The topological polar surface area (TPSA) is 69.4 Å². The van der Waals surface area contributed by atoms with Crippen LogP contribution >= 0.6 is 0 Å². The van der Waals surface area contributed by atoms with Crippen LogP contribution in [-0.2, 0) is 6.42 Å². The molecule has 2 heterocycles. The predicted molar refractivity (Wildman–Crippen MR) is 92.4 cm³/mol. The van der Waals surface area contributed by atoms with Gasteiger partial charge >= 0.3 is 0 Å². The van der Waals surface area contributed by atoms with Gasteiger partial charge < -0.3 is 19.2 Å². The van der Waals surface area contributed by atoms with Gasteiger partial charge in [0.2, 0.25) is 18.6 Å². The van der Waals surface area contributed by atoms with Gasteiger partial charge in [0.15, 0.2) is 11.5 Å². The van der Waals surface area contributed by atoms with Crippen LogP contribution in [0, 0.1) is 0 Å². The van der Waals surface area contributed by atoms with Crippen molar-refractivity contribution in [1.82, 2.24) is 15.5 Å². The van der Waals surface area contributed by atoms with E-state index in [2.05, 4.69) is 22.4 Å². The molecule has 1 atom stereocenters. The van der Waals surface area contributed by atoms with Crippen LogP contribution in [0.1, 0.15) is 24.4 Å². The highest BCUT2D eigenvalue weighted by Gasteiger charge is 2.15. The predicted octanol–water partition coefficient (Wildman–Crippen LogP) is 3.36. The lowest BCUT2D eigenvalue weighted by Gasteiger charge is -2.14. The van der Waals surface area contributed by atoms with E-state index in [0.29, 0.717) is 25.0 Å².